The molecular weight excluding hydrogens is 293 g/mol. The monoisotopic (exact) mass is 310 g/mol. The fourth-order valence-corrected chi connectivity index (χ4v) is 2.72. The zero-order valence-electron chi connectivity index (χ0n) is 11.1. The van der Waals surface area contributed by atoms with Gasteiger partial charge in [0.1, 0.15) is 0 Å². The van der Waals surface area contributed by atoms with E-state index in [1.165, 1.54) is 12.1 Å². The third-order valence-corrected chi connectivity index (χ3v) is 3.88. The Morgan fingerprint density at radius 3 is 2.35 bits per heavy atom. The van der Waals surface area contributed by atoms with E-state index in [-0.39, 0.29) is 5.75 Å². The van der Waals surface area contributed by atoms with Gasteiger partial charge in [0.2, 0.25) is 0 Å². The van der Waals surface area contributed by atoms with Crippen molar-refractivity contribution in [2.24, 2.45) is 0 Å². The van der Waals surface area contributed by atoms with E-state index in [1.54, 1.807) is 0 Å². The van der Waals surface area contributed by atoms with Gasteiger partial charge < -0.3 is 4.18 Å². The topological polar surface area (TPSA) is 43.4 Å². The molecular formula is C13H17F3O3S. The third-order valence-electron chi connectivity index (χ3n) is 2.66. The van der Waals surface area contributed by atoms with Gasteiger partial charge in [-0.2, -0.15) is 21.6 Å². The Hall–Kier alpha value is -1.24. The Morgan fingerprint density at radius 2 is 1.75 bits per heavy atom. The van der Waals surface area contributed by atoms with Crippen molar-refractivity contribution in [2.75, 3.05) is 5.75 Å². The minimum atomic E-state index is -4.64. The van der Waals surface area contributed by atoms with Gasteiger partial charge in [-0.25, -0.2) is 0 Å². The average Bonchev–Trinajstić information content (AvgIpc) is 2.33. The predicted molar refractivity (Wildman–Crippen MR) is 70.0 cm³/mol. The molecule has 0 aliphatic carbocycles. The maximum atomic E-state index is 12.7. The van der Waals surface area contributed by atoms with Gasteiger partial charge in [-0.15, -0.1) is 0 Å². The molecule has 0 saturated carbocycles. The minimum Gasteiger partial charge on any atom is -0.382 e. The molecule has 0 spiro atoms. The Kier molecular flexibility index (Phi) is 5.86. The highest BCUT2D eigenvalue weighted by molar-refractivity contribution is 7.87. The highest BCUT2D eigenvalue weighted by Crippen LogP contribution is 2.36. The van der Waals surface area contributed by atoms with E-state index in [0.29, 0.717) is 12.8 Å². The van der Waals surface area contributed by atoms with Crippen LogP contribution in [0.5, 0.6) is 5.75 Å². The van der Waals surface area contributed by atoms with Crippen molar-refractivity contribution in [3.63, 3.8) is 0 Å². The average molecular weight is 310 g/mol. The first-order valence-electron chi connectivity index (χ1n) is 6.34. The summed E-state index contributed by atoms with van der Waals surface area (Å²) in [5, 5.41) is 0. The molecule has 1 aromatic carbocycles. The first-order valence-corrected chi connectivity index (χ1v) is 7.92. The lowest BCUT2D eigenvalue weighted by molar-refractivity contribution is -0.138. The minimum absolute atomic E-state index is 0.279. The number of unbranched alkanes of at least 4 members (excludes halogenated alkanes) is 3. The first-order chi connectivity index (χ1) is 9.26. The summed E-state index contributed by atoms with van der Waals surface area (Å²) < 4.78 is 66.0. The normalized spacial score (nSPS) is 12.4. The number of rotatable bonds is 7. The fraction of sp³-hybridized carbons (Fsp3) is 0.538. The molecule has 0 aliphatic rings. The maximum absolute atomic E-state index is 12.7. The molecule has 0 aromatic heterocycles. The van der Waals surface area contributed by atoms with Crippen molar-refractivity contribution in [3.8, 4) is 5.75 Å². The van der Waals surface area contributed by atoms with Crippen molar-refractivity contribution in [1.29, 1.82) is 0 Å². The van der Waals surface area contributed by atoms with Crippen LogP contribution in [0, 0.1) is 0 Å². The van der Waals surface area contributed by atoms with E-state index in [0.717, 1.165) is 25.0 Å². The molecule has 1 aromatic rings. The van der Waals surface area contributed by atoms with Crippen molar-refractivity contribution >= 4 is 10.1 Å². The lowest BCUT2D eigenvalue weighted by Crippen LogP contribution is -2.17. The Bertz CT molecular complexity index is 524. The number of benzene rings is 1. The van der Waals surface area contributed by atoms with Gasteiger partial charge in [-0.1, -0.05) is 38.3 Å². The van der Waals surface area contributed by atoms with Crippen LogP contribution >= 0.6 is 0 Å². The Morgan fingerprint density at radius 1 is 1.10 bits per heavy atom. The Balaban J connectivity index is 2.78. The van der Waals surface area contributed by atoms with E-state index in [1.807, 2.05) is 6.92 Å². The summed E-state index contributed by atoms with van der Waals surface area (Å²) in [4.78, 5) is 0. The van der Waals surface area contributed by atoms with Crippen molar-refractivity contribution in [1.82, 2.24) is 0 Å². The standard InChI is InChI=1S/C13H17F3O3S/c1-2-3-4-7-10-20(17,18)19-12-9-6-5-8-11(12)13(14,15)16/h5-6,8-9H,2-4,7,10H2,1H3. The summed E-state index contributed by atoms with van der Waals surface area (Å²) in [5.41, 5.74) is -1.09. The summed E-state index contributed by atoms with van der Waals surface area (Å²) >= 11 is 0. The molecule has 0 bridgehead atoms. The van der Waals surface area contributed by atoms with Gasteiger partial charge >= 0.3 is 16.3 Å². The molecule has 0 saturated heterocycles. The second kappa shape index (κ2) is 6.97. The van der Waals surface area contributed by atoms with E-state index in [4.69, 9.17) is 0 Å². The van der Waals surface area contributed by atoms with E-state index < -0.39 is 27.6 Å². The van der Waals surface area contributed by atoms with Crippen LogP contribution in [-0.2, 0) is 16.3 Å². The van der Waals surface area contributed by atoms with Gasteiger partial charge in [0.25, 0.3) is 0 Å². The maximum Gasteiger partial charge on any atom is 0.420 e. The Labute approximate surface area is 116 Å². The molecule has 0 heterocycles. The van der Waals surface area contributed by atoms with E-state index in [9.17, 15) is 21.6 Å². The number of hydrogen-bond acceptors (Lipinski definition) is 3. The zero-order valence-corrected chi connectivity index (χ0v) is 11.9. The molecule has 3 nitrogen and oxygen atoms in total. The van der Waals surface area contributed by atoms with Crippen molar-refractivity contribution < 1.29 is 25.8 Å². The smallest absolute Gasteiger partial charge is 0.382 e. The van der Waals surface area contributed by atoms with Crippen LogP contribution in [0.25, 0.3) is 0 Å². The highest BCUT2D eigenvalue weighted by Gasteiger charge is 2.35. The molecule has 0 N–H and O–H groups in total. The van der Waals surface area contributed by atoms with Crippen LogP contribution in [0.15, 0.2) is 24.3 Å². The highest BCUT2D eigenvalue weighted by atomic mass is 32.2. The second-order valence-corrected chi connectivity index (χ2v) is 6.09. The molecule has 0 atom stereocenters. The van der Waals surface area contributed by atoms with Gasteiger partial charge in [0, 0.05) is 0 Å². The van der Waals surface area contributed by atoms with Gasteiger partial charge in [-0.05, 0) is 18.6 Å². The molecule has 20 heavy (non-hydrogen) atoms. The lowest BCUT2D eigenvalue weighted by Gasteiger charge is -2.13. The van der Waals surface area contributed by atoms with Crippen LogP contribution in [0.1, 0.15) is 38.2 Å². The molecule has 0 fully saturated rings. The van der Waals surface area contributed by atoms with Crippen LogP contribution in [0.3, 0.4) is 0 Å². The molecule has 0 unspecified atom stereocenters. The summed E-state index contributed by atoms with van der Waals surface area (Å²) in [6, 6.07) is 4.29. The third kappa shape index (κ3) is 5.40. The summed E-state index contributed by atoms with van der Waals surface area (Å²) in [6.45, 7) is 1.98. The van der Waals surface area contributed by atoms with Crippen molar-refractivity contribution in [2.45, 2.75) is 38.8 Å². The van der Waals surface area contributed by atoms with E-state index >= 15 is 0 Å². The van der Waals surface area contributed by atoms with Crippen LogP contribution in [0.4, 0.5) is 13.2 Å². The van der Waals surface area contributed by atoms with Crippen LogP contribution in [0.2, 0.25) is 0 Å². The van der Waals surface area contributed by atoms with Crippen LogP contribution in [-0.4, -0.2) is 14.2 Å². The molecule has 0 radical (unpaired) electrons. The number of hydrogen-bond donors (Lipinski definition) is 0. The van der Waals surface area contributed by atoms with Gasteiger partial charge in [0.05, 0.1) is 11.3 Å². The molecule has 0 amide bonds. The molecule has 114 valence electrons. The molecule has 1 rings (SSSR count). The van der Waals surface area contributed by atoms with Crippen molar-refractivity contribution in [3.05, 3.63) is 29.8 Å². The number of alkyl halides is 3. The number of halogens is 3. The summed E-state index contributed by atoms with van der Waals surface area (Å²) in [5.74, 6) is -0.949. The molecule has 7 heteroatoms. The number of para-hydroxylation sites is 1. The summed E-state index contributed by atoms with van der Waals surface area (Å²) in [6.07, 6.45) is -1.73. The fourth-order valence-electron chi connectivity index (χ4n) is 1.66. The molecule has 0 aliphatic heterocycles. The lowest BCUT2D eigenvalue weighted by atomic mass is 10.2. The quantitative estimate of drug-likeness (QED) is 0.565. The first kappa shape index (κ1) is 16.8. The SMILES string of the molecule is CCCCCCS(=O)(=O)Oc1ccccc1C(F)(F)F. The largest absolute Gasteiger partial charge is 0.420 e. The predicted octanol–water partition coefficient (Wildman–Crippen LogP) is 3.99. The van der Waals surface area contributed by atoms with E-state index in [2.05, 4.69) is 4.18 Å². The van der Waals surface area contributed by atoms with Crippen LogP contribution < -0.4 is 4.18 Å². The second-order valence-electron chi connectivity index (χ2n) is 4.40. The summed E-state index contributed by atoms with van der Waals surface area (Å²) in [7, 11) is -4.00. The van der Waals surface area contributed by atoms with Gasteiger partial charge in [-0.3, -0.25) is 0 Å². The van der Waals surface area contributed by atoms with Gasteiger partial charge in [0.15, 0.2) is 5.75 Å². The zero-order chi connectivity index (χ0) is 15.2.